The molecule has 3 aromatic carbocycles. The number of fused-ring (bicyclic) bond motifs is 3. The minimum Gasteiger partial charge on any atom is -0.508 e. The van der Waals surface area contributed by atoms with E-state index < -0.39 is 18.5 Å². The average molecular weight is 495 g/mol. The van der Waals surface area contributed by atoms with E-state index in [1.807, 2.05) is 42.5 Å². The van der Waals surface area contributed by atoms with E-state index in [0.717, 1.165) is 22.4 Å². The summed E-state index contributed by atoms with van der Waals surface area (Å²) < 4.78 is 16.1. The average Bonchev–Trinajstić information content (AvgIpc) is 3.54. The first-order valence-corrected chi connectivity index (χ1v) is 11.8. The molecule has 0 saturated heterocycles. The Kier molecular flexibility index (Phi) is 5.69. The highest BCUT2D eigenvalue weighted by Crippen LogP contribution is 2.38. The van der Waals surface area contributed by atoms with Gasteiger partial charge in [0.25, 0.3) is 5.91 Å². The second-order valence-electron chi connectivity index (χ2n) is 8.78. The summed E-state index contributed by atoms with van der Waals surface area (Å²) >= 11 is 0. The summed E-state index contributed by atoms with van der Waals surface area (Å²) in [5.74, 6) is 0.328. The Hall–Kier alpha value is -4.85. The molecule has 1 aromatic heterocycles. The highest BCUT2D eigenvalue weighted by Gasteiger charge is 2.28. The predicted molar refractivity (Wildman–Crippen MR) is 138 cm³/mol. The molecule has 8 heteroatoms. The van der Waals surface area contributed by atoms with Gasteiger partial charge in [0.1, 0.15) is 5.75 Å². The zero-order chi connectivity index (χ0) is 25.4. The van der Waals surface area contributed by atoms with Crippen LogP contribution >= 0.6 is 0 Å². The first-order chi connectivity index (χ1) is 18.0. The fraction of sp³-hybridized carbons (Fsp3) is 0.138. The summed E-state index contributed by atoms with van der Waals surface area (Å²) in [6.45, 7) is -0.296. The van der Waals surface area contributed by atoms with Crippen molar-refractivity contribution in [3.8, 4) is 17.2 Å². The Balaban J connectivity index is 1.25. The van der Waals surface area contributed by atoms with E-state index in [9.17, 15) is 14.7 Å². The maximum atomic E-state index is 13.3. The highest BCUT2D eigenvalue weighted by atomic mass is 16.7. The van der Waals surface area contributed by atoms with Crippen LogP contribution < -0.4 is 14.8 Å². The van der Waals surface area contributed by atoms with Gasteiger partial charge in [-0.3, -0.25) is 4.79 Å². The number of nitrogens with zero attached hydrogens (tertiary/aromatic N) is 1. The number of pyridine rings is 1. The van der Waals surface area contributed by atoms with Crippen LogP contribution in [0.5, 0.6) is 17.2 Å². The molecule has 6 rings (SSSR count). The molecule has 2 heterocycles. The zero-order valence-electron chi connectivity index (χ0n) is 19.7. The van der Waals surface area contributed by atoms with E-state index in [1.165, 1.54) is 0 Å². The molecule has 0 saturated carbocycles. The van der Waals surface area contributed by atoms with Crippen molar-refractivity contribution in [2.45, 2.75) is 12.8 Å². The minimum atomic E-state index is -0.568. The van der Waals surface area contributed by atoms with Gasteiger partial charge in [0.2, 0.25) is 6.79 Å². The number of anilines is 1. The van der Waals surface area contributed by atoms with Gasteiger partial charge in [-0.1, -0.05) is 30.3 Å². The van der Waals surface area contributed by atoms with Crippen LogP contribution in [0, 0.1) is 0 Å². The van der Waals surface area contributed by atoms with Crippen LogP contribution in [0.1, 0.15) is 33.6 Å². The second-order valence-corrected chi connectivity index (χ2v) is 8.78. The van der Waals surface area contributed by atoms with Crippen molar-refractivity contribution < 1.29 is 28.9 Å². The number of rotatable bonds is 5. The molecule has 0 atom stereocenters. The number of aromatic nitrogens is 1. The van der Waals surface area contributed by atoms with Gasteiger partial charge in [0, 0.05) is 17.1 Å². The lowest BCUT2D eigenvalue weighted by atomic mass is 10.0. The van der Waals surface area contributed by atoms with Crippen molar-refractivity contribution in [1.29, 1.82) is 0 Å². The molecule has 184 valence electrons. The van der Waals surface area contributed by atoms with Gasteiger partial charge in [0.05, 0.1) is 16.8 Å². The molecule has 4 aromatic rings. The highest BCUT2D eigenvalue weighted by molar-refractivity contribution is 6.08. The molecule has 0 spiro atoms. The van der Waals surface area contributed by atoms with Crippen LogP contribution in [0.4, 0.5) is 5.69 Å². The Bertz CT molecular complexity index is 1580. The van der Waals surface area contributed by atoms with Crippen molar-refractivity contribution in [3.05, 3.63) is 89.1 Å². The van der Waals surface area contributed by atoms with E-state index in [2.05, 4.69) is 5.32 Å². The molecule has 0 unspecified atom stereocenters. The van der Waals surface area contributed by atoms with Crippen molar-refractivity contribution in [2.24, 2.45) is 0 Å². The summed E-state index contributed by atoms with van der Waals surface area (Å²) in [6, 6.07) is 19.4. The van der Waals surface area contributed by atoms with Gasteiger partial charge < -0.3 is 24.6 Å². The Morgan fingerprint density at radius 1 is 1.00 bits per heavy atom. The number of aromatic hydroxyl groups is 1. The number of hydrogen-bond donors (Lipinski definition) is 2. The fourth-order valence-electron chi connectivity index (χ4n) is 4.66. The van der Waals surface area contributed by atoms with Crippen molar-refractivity contribution in [1.82, 2.24) is 4.98 Å². The SMILES string of the molecule is O=C(COC(=O)c1c2c(nc3ccccc13)/C(=C/c1ccc(O)cc1)CC2)Nc1ccc2c(c1)OCO2. The Morgan fingerprint density at radius 2 is 1.81 bits per heavy atom. The van der Waals surface area contributed by atoms with Gasteiger partial charge in [-0.25, -0.2) is 9.78 Å². The molecule has 0 fully saturated rings. The second kappa shape index (κ2) is 9.31. The summed E-state index contributed by atoms with van der Waals surface area (Å²) in [4.78, 5) is 30.7. The third kappa shape index (κ3) is 4.45. The van der Waals surface area contributed by atoms with Gasteiger partial charge in [-0.2, -0.15) is 0 Å². The number of para-hydroxylation sites is 1. The molecule has 2 aliphatic rings. The number of carbonyl (C=O) groups excluding carboxylic acids is 2. The van der Waals surface area contributed by atoms with E-state index >= 15 is 0 Å². The third-order valence-electron chi connectivity index (χ3n) is 6.37. The lowest BCUT2D eigenvalue weighted by molar-refractivity contribution is -0.119. The van der Waals surface area contributed by atoms with Gasteiger partial charge in [0.15, 0.2) is 18.1 Å². The molecule has 37 heavy (non-hydrogen) atoms. The largest absolute Gasteiger partial charge is 0.508 e. The smallest absolute Gasteiger partial charge is 0.339 e. The number of nitrogens with one attached hydrogen (secondary N) is 1. The minimum absolute atomic E-state index is 0.139. The fourth-order valence-corrected chi connectivity index (χ4v) is 4.66. The summed E-state index contributed by atoms with van der Waals surface area (Å²) in [7, 11) is 0. The maximum absolute atomic E-state index is 13.3. The topological polar surface area (TPSA) is 107 Å². The van der Waals surface area contributed by atoms with Gasteiger partial charge in [-0.15, -0.1) is 0 Å². The normalized spacial score (nSPS) is 14.5. The molecule has 0 radical (unpaired) electrons. The molecule has 2 N–H and O–H groups in total. The molecular formula is C29H22N2O6. The maximum Gasteiger partial charge on any atom is 0.339 e. The van der Waals surface area contributed by atoms with Crippen molar-refractivity contribution in [3.63, 3.8) is 0 Å². The standard InChI is InChI=1S/C29H22N2O6/c32-20-9-5-17(6-10-20)13-18-7-11-22-27(21-3-1-2-4-23(21)31-28(18)22)29(34)35-15-26(33)30-19-8-12-24-25(14-19)37-16-36-24/h1-6,8-10,12-14,32H,7,11,15-16H2,(H,30,33)/b18-13+. The molecule has 1 aliphatic heterocycles. The summed E-state index contributed by atoms with van der Waals surface area (Å²) in [6.07, 6.45) is 3.36. The molecule has 1 amide bonds. The van der Waals surface area contributed by atoms with Crippen LogP contribution in [-0.4, -0.2) is 35.4 Å². The van der Waals surface area contributed by atoms with Crippen molar-refractivity contribution in [2.75, 3.05) is 18.7 Å². The van der Waals surface area contributed by atoms with Crippen LogP contribution in [0.15, 0.2) is 66.7 Å². The summed E-state index contributed by atoms with van der Waals surface area (Å²) in [5, 5.41) is 13.0. The number of ether oxygens (including phenoxy) is 3. The lowest BCUT2D eigenvalue weighted by Gasteiger charge is -2.12. The first kappa shape index (κ1) is 22.6. The molecule has 1 aliphatic carbocycles. The van der Waals surface area contributed by atoms with E-state index in [0.29, 0.717) is 46.5 Å². The van der Waals surface area contributed by atoms with E-state index in [-0.39, 0.29) is 12.5 Å². The predicted octanol–water partition coefficient (Wildman–Crippen LogP) is 4.95. The van der Waals surface area contributed by atoms with Crippen LogP contribution in [0.3, 0.4) is 0 Å². The molecular weight excluding hydrogens is 472 g/mol. The number of hydrogen-bond acceptors (Lipinski definition) is 7. The number of allylic oxidation sites excluding steroid dienone is 1. The number of phenols is 1. The number of benzene rings is 3. The van der Waals surface area contributed by atoms with Crippen LogP contribution in [0.2, 0.25) is 0 Å². The Labute approximate surface area is 212 Å². The monoisotopic (exact) mass is 494 g/mol. The summed E-state index contributed by atoms with van der Waals surface area (Å²) in [5.41, 5.74) is 5.13. The first-order valence-electron chi connectivity index (χ1n) is 11.8. The quantitative estimate of drug-likeness (QED) is 0.378. The third-order valence-corrected chi connectivity index (χ3v) is 6.37. The van der Waals surface area contributed by atoms with E-state index in [1.54, 1.807) is 30.3 Å². The Morgan fingerprint density at radius 3 is 2.68 bits per heavy atom. The van der Waals surface area contributed by atoms with E-state index in [4.69, 9.17) is 19.2 Å². The molecule has 0 bridgehead atoms. The zero-order valence-corrected chi connectivity index (χ0v) is 19.7. The van der Waals surface area contributed by atoms with Crippen molar-refractivity contribution >= 4 is 40.1 Å². The van der Waals surface area contributed by atoms with Crippen LogP contribution in [-0.2, 0) is 16.0 Å². The number of carbonyl (C=O) groups is 2. The number of phenolic OH excluding ortho intramolecular Hbond substituents is 1. The van der Waals surface area contributed by atoms with Crippen LogP contribution in [0.25, 0.3) is 22.6 Å². The van der Waals surface area contributed by atoms with Gasteiger partial charge in [-0.05, 0) is 65.9 Å². The molecule has 8 nitrogen and oxygen atoms in total. The number of amides is 1. The lowest BCUT2D eigenvalue weighted by Crippen LogP contribution is -2.21. The number of esters is 1. The van der Waals surface area contributed by atoms with Gasteiger partial charge >= 0.3 is 5.97 Å².